The number of likely N-dealkylation sites (tertiary alicyclic amines) is 1. The minimum Gasteiger partial charge on any atom is -0.300 e. The highest BCUT2D eigenvalue weighted by molar-refractivity contribution is 7.85. The van der Waals surface area contributed by atoms with Gasteiger partial charge in [0.1, 0.15) is 5.69 Å². The summed E-state index contributed by atoms with van der Waals surface area (Å²) < 4.78 is 111. The van der Waals surface area contributed by atoms with E-state index in [1.807, 2.05) is 6.92 Å². The molecule has 0 saturated carbocycles. The van der Waals surface area contributed by atoms with E-state index < -0.39 is 51.8 Å². The Morgan fingerprint density at radius 1 is 1.14 bits per heavy atom. The minimum absolute atomic E-state index is 0.0564. The van der Waals surface area contributed by atoms with Crippen molar-refractivity contribution in [1.82, 2.24) is 9.88 Å². The van der Waals surface area contributed by atoms with Gasteiger partial charge in [-0.15, -0.1) is 0 Å². The summed E-state index contributed by atoms with van der Waals surface area (Å²) in [6.45, 7) is 3.07. The summed E-state index contributed by atoms with van der Waals surface area (Å²) in [6.07, 6.45) is -5.40. The molecule has 0 spiro atoms. The lowest BCUT2D eigenvalue weighted by Crippen LogP contribution is -2.41. The smallest absolute Gasteiger partial charge is 0.300 e. The highest BCUT2D eigenvalue weighted by Gasteiger charge is 2.38. The Kier molecular flexibility index (Phi) is 8.37. The average molecular weight is 527 g/mol. The Morgan fingerprint density at radius 3 is 2.46 bits per heavy atom. The number of halogens is 6. The number of rotatable bonds is 8. The topological polar surface area (TPSA) is 59.5 Å². The molecule has 2 heterocycles. The van der Waals surface area contributed by atoms with Crippen LogP contribution in [-0.4, -0.2) is 50.3 Å². The maximum Gasteiger partial charge on any atom is 0.433 e. The highest BCUT2D eigenvalue weighted by Crippen LogP contribution is 2.41. The van der Waals surface area contributed by atoms with E-state index in [1.165, 1.54) is 6.07 Å². The number of alkyl halides is 6. The zero-order chi connectivity index (χ0) is 26.0. The van der Waals surface area contributed by atoms with Gasteiger partial charge in [0.15, 0.2) is 0 Å². The summed E-state index contributed by atoms with van der Waals surface area (Å²) in [7, 11) is -3.95. The Morgan fingerprint density at radius 2 is 1.86 bits per heavy atom. The summed E-state index contributed by atoms with van der Waals surface area (Å²) >= 11 is 0. The fourth-order valence-electron chi connectivity index (χ4n) is 4.71. The molecule has 0 N–H and O–H groups in total. The van der Waals surface area contributed by atoms with Crippen LogP contribution in [-0.2, 0) is 26.7 Å². The van der Waals surface area contributed by atoms with Gasteiger partial charge in [-0.2, -0.15) is 34.8 Å². The minimum atomic E-state index is -5.00. The van der Waals surface area contributed by atoms with Crippen LogP contribution in [0.15, 0.2) is 24.3 Å². The zero-order valence-corrected chi connectivity index (χ0v) is 20.2. The van der Waals surface area contributed by atoms with E-state index in [4.69, 9.17) is 4.18 Å². The van der Waals surface area contributed by atoms with Gasteiger partial charge >= 0.3 is 12.4 Å². The van der Waals surface area contributed by atoms with Gasteiger partial charge in [0, 0.05) is 17.3 Å². The molecule has 3 rings (SSSR count). The van der Waals surface area contributed by atoms with Crippen molar-refractivity contribution in [2.75, 3.05) is 26.0 Å². The van der Waals surface area contributed by atoms with E-state index in [9.17, 15) is 34.8 Å². The standard InChI is InChI=1S/C23H28F6N2O3S/c1-3-10-31-11-5-4-7-16(31)12-15(14-34-35(2,32)33)18-13-20(23(27,28)29)30-21-17(18)8-6-9-19(21)22(24,25)26/h6,8-9,13,15-16H,3-5,7,10-12,14H2,1-2H3. The fourth-order valence-corrected chi connectivity index (χ4v) is 5.13. The molecular formula is C23H28F6N2O3S. The van der Waals surface area contributed by atoms with Gasteiger partial charge in [0.05, 0.1) is 23.9 Å². The number of nitrogens with zero attached hydrogens (tertiary/aromatic N) is 2. The summed E-state index contributed by atoms with van der Waals surface area (Å²) in [5.74, 6) is -0.901. The molecule has 2 atom stereocenters. The van der Waals surface area contributed by atoms with Gasteiger partial charge in [-0.1, -0.05) is 25.5 Å². The molecule has 12 heteroatoms. The summed E-state index contributed by atoms with van der Waals surface area (Å²) in [5, 5.41) is -0.104. The lowest BCUT2D eigenvalue weighted by Gasteiger charge is -2.37. The lowest BCUT2D eigenvalue weighted by molar-refractivity contribution is -0.142. The molecule has 0 amide bonds. The second-order valence-corrected chi connectivity index (χ2v) is 10.5. The number of piperidine rings is 1. The molecule has 0 radical (unpaired) electrons. The number of para-hydroxylation sites is 1. The van der Waals surface area contributed by atoms with Crippen LogP contribution in [0.25, 0.3) is 10.9 Å². The van der Waals surface area contributed by atoms with Crippen LogP contribution in [0.1, 0.15) is 61.8 Å². The largest absolute Gasteiger partial charge is 0.433 e. The number of fused-ring (bicyclic) bond motifs is 1. The van der Waals surface area contributed by atoms with E-state index in [2.05, 4.69) is 9.88 Å². The van der Waals surface area contributed by atoms with E-state index in [0.29, 0.717) is 6.07 Å². The van der Waals surface area contributed by atoms with Crippen LogP contribution >= 0.6 is 0 Å². The van der Waals surface area contributed by atoms with Crippen LogP contribution in [0.4, 0.5) is 26.3 Å². The fraction of sp³-hybridized carbons (Fsp3) is 0.609. The molecule has 1 saturated heterocycles. The van der Waals surface area contributed by atoms with Crippen LogP contribution in [0.5, 0.6) is 0 Å². The normalized spacial score (nSPS) is 19.3. The highest BCUT2D eigenvalue weighted by atomic mass is 32.2. The summed E-state index contributed by atoms with van der Waals surface area (Å²) in [4.78, 5) is 5.54. The maximum atomic E-state index is 13.7. The van der Waals surface area contributed by atoms with Crippen LogP contribution in [0.3, 0.4) is 0 Å². The van der Waals surface area contributed by atoms with Gasteiger partial charge in [0.2, 0.25) is 0 Å². The molecule has 0 aliphatic carbocycles. The molecule has 1 aliphatic rings. The van der Waals surface area contributed by atoms with Gasteiger partial charge < -0.3 is 4.90 Å². The molecule has 1 aromatic carbocycles. The first-order valence-corrected chi connectivity index (χ1v) is 13.2. The monoisotopic (exact) mass is 526 g/mol. The van der Waals surface area contributed by atoms with Gasteiger partial charge in [-0.3, -0.25) is 4.18 Å². The van der Waals surface area contributed by atoms with Crippen molar-refractivity contribution in [3.63, 3.8) is 0 Å². The quantitative estimate of drug-likeness (QED) is 0.313. The Hall–Kier alpha value is -1.92. The summed E-state index contributed by atoms with van der Waals surface area (Å²) in [5.41, 5.74) is -3.62. The third kappa shape index (κ3) is 7.07. The van der Waals surface area contributed by atoms with Crippen molar-refractivity contribution in [2.45, 2.75) is 63.3 Å². The van der Waals surface area contributed by atoms with Gasteiger partial charge in [-0.25, -0.2) is 4.98 Å². The van der Waals surface area contributed by atoms with Crippen LogP contribution in [0, 0.1) is 0 Å². The van der Waals surface area contributed by atoms with Crippen molar-refractivity contribution in [3.8, 4) is 0 Å². The number of aromatic nitrogens is 1. The SMILES string of the molecule is CCCN1CCCCC1CC(COS(C)(=O)=O)c1cc(C(F)(F)F)nc2c(C(F)(F)F)cccc12. The molecule has 35 heavy (non-hydrogen) atoms. The molecule has 1 fully saturated rings. The van der Waals surface area contributed by atoms with Crippen molar-refractivity contribution in [2.24, 2.45) is 0 Å². The third-order valence-electron chi connectivity index (χ3n) is 6.21. The van der Waals surface area contributed by atoms with E-state index in [1.54, 1.807) is 0 Å². The number of benzene rings is 1. The molecule has 1 aliphatic heterocycles. The van der Waals surface area contributed by atoms with Gasteiger partial charge in [0.25, 0.3) is 10.1 Å². The first-order chi connectivity index (χ1) is 16.2. The third-order valence-corrected chi connectivity index (χ3v) is 6.77. The maximum absolute atomic E-state index is 13.7. The number of hydrogen-bond acceptors (Lipinski definition) is 5. The second-order valence-electron chi connectivity index (χ2n) is 8.90. The molecule has 1 aromatic heterocycles. The van der Waals surface area contributed by atoms with Gasteiger partial charge in [-0.05, 0) is 56.5 Å². The van der Waals surface area contributed by atoms with E-state index in [-0.39, 0.29) is 23.4 Å². The predicted molar refractivity (Wildman–Crippen MR) is 119 cm³/mol. The van der Waals surface area contributed by atoms with Crippen molar-refractivity contribution in [3.05, 3.63) is 41.1 Å². The van der Waals surface area contributed by atoms with Crippen LogP contribution in [0.2, 0.25) is 0 Å². The first-order valence-electron chi connectivity index (χ1n) is 11.4. The molecule has 2 aromatic rings. The summed E-state index contributed by atoms with van der Waals surface area (Å²) in [6, 6.07) is 3.74. The molecule has 2 unspecified atom stereocenters. The lowest BCUT2D eigenvalue weighted by atomic mass is 9.86. The molecule has 0 bridgehead atoms. The van der Waals surface area contributed by atoms with E-state index >= 15 is 0 Å². The van der Waals surface area contributed by atoms with Crippen LogP contribution < -0.4 is 0 Å². The zero-order valence-electron chi connectivity index (χ0n) is 19.4. The Bertz CT molecular complexity index is 1130. The molecule has 196 valence electrons. The van der Waals surface area contributed by atoms with E-state index in [0.717, 1.165) is 57.2 Å². The number of pyridine rings is 1. The Balaban J connectivity index is 2.19. The first kappa shape index (κ1) is 27.7. The molecular weight excluding hydrogens is 498 g/mol. The number of hydrogen-bond donors (Lipinski definition) is 0. The van der Waals surface area contributed by atoms with Crippen molar-refractivity contribution < 1.29 is 38.9 Å². The second kappa shape index (κ2) is 10.6. The average Bonchev–Trinajstić information content (AvgIpc) is 2.75. The van der Waals surface area contributed by atoms with Crippen molar-refractivity contribution >= 4 is 21.0 Å². The Labute approximate surface area is 200 Å². The predicted octanol–water partition coefficient (Wildman–Crippen LogP) is 5.99. The van der Waals surface area contributed by atoms with Crippen molar-refractivity contribution in [1.29, 1.82) is 0 Å². The molecule has 5 nitrogen and oxygen atoms in total.